The van der Waals surface area contributed by atoms with Gasteiger partial charge in [0.2, 0.25) is 0 Å². The average molecular weight is 254 g/mol. The Bertz CT molecular complexity index is 751. The number of aromatic carboxylic acids is 1. The van der Waals surface area contributed by atoms with E-state index in [1.54, 1.807) is 16.9 Å². The molecule has 0 aliphatic carbocycles. The number of para-hydroxylation sites is 1. The van der Waals surface area contributed by atoms with Gasteiger partial charge < -0.3 is 5.11 Å². The maximum absolute atomic E-state index is 11.1. The van der Waals surface area contributed by atoms with Crippen LogP contribution in [0.2, 0.25) is 0 Å². The van der Waals surface area contributed by atoms with E-state index < -0.39 is 5.97 Å². The molecule has 0 bridgehead atoms. The second-order valence-corrected chi connectivity index (χ2v) is 4.04. The van der Waals surface area contributed by atoms with E-state index in [-0.39, 0.29) is 12.1 Å². The van der Waals surface area contributed by atoms with Crippen molar-refractivity contribution >= 4 is 17.0 Å². The zero-order valence-corrected chi connectivity index (χ0v) is 9.89. The monoisotopic (exact) mass is 254 g/mol. The van der Waals surface area contributed by atoms with Crippen molar-refractivity contribution in [3.05, 3.63) is 53.9 Å². The minimum Gasteiger partial charge on any atom is -0.478 e. The number of rotatable bonds is 3. The molecular formula is C13H10N4O2. The molecule has 94 valence electrons. The van der Waals surface area contributed by atoms with Crippen LogP contribution in [0, 0.1) is 0 Å². The first kappa shape index (κ1) is 11.3. The highest BCUT2D eigenvalue weighted by Gasteiger charge is 2.12. The van der Waals surface area contributed by atoms with Gasteiger partial charge in [-0.1, -0.05) is 17.3 Å². The molecule has 0 saturated heterocycles. The lowest BCUT2D eigenvalue weighted by atomic mass is 10.2. The molecule has 0 radical (unpaired) electrons. The first-order chi connectivity index (χ1) is 9.25. The largest absolute Gasteiger partial charge is 0.478 e. The Labute approximate surface area is 108 Å². The summed E-state index contributed by atoms with van der Waals surface area (Å²) in [5.74, 6) is -0.993. The summed E-state index contributed by atoms with van der Waals surface area (Å²) < 4.78 is 1.64. The number of fused-ring (bicyclic) bond motifs is 1. The molecular weight excluding hydrogens is 244 g/mol. The lowest BCUT2D eigenvalue weighted by molar-refractivity contribution is 0.0695. The molecule has 3 aromatic rings. The molecule has 0 saturated carbocycles. The predicted molar refractivity (Wildman–Crippen MR) is 67.8 cm³/mol. The first-order valence-corrected chi connectivity index (χ1v) is 5.71. The molecule has 6 heteroatoms. The normalized spacial score (nSPS) is 10.7. The second-order valence-electron chi connectivity index (χ2n) is 4.04. The van der Waals surface area contributed by atoms with Crippen molar-refractivity contribution in [1.29, 1.82) is 0 Å². The molecule has 0 fully saturated rings. The van der Waals surface area contributed by atoms with Crippen LogP contribution in [0.4, 0.5) is 0 Å². The molecule has 19 heavy (non-hydrogen) atoms. The molecule has 0 spiro atoms. The van der Waals surface area contributed by atoms with Crippen LogP contribution in [0.5, 0.6) is 0 Å². The Morgan fingerprint density at radius 1 is 1.21 bits per heavy atom. The lowest BCUT2D eigenvalue weighted by Crippen LogP contribution is -2.10. The number of carboxylic acid groups (broad SMARTS) is 1. The summed E-state index contributed by atoms with van der Waals surface area (Å²) >= 11 is 0. The van der Waals surface area contributed by atoms with Crippen molar-refractivity contribution in [2.45, 2.75) is 6.54 Å². The molecule has 0 unspecified atom stereocenters. The fourth-order valence-electron chi connectivity index (χ4n) is 1.93. The van der Waals surface area contributed by atoms with Crippen LogP contribution < -0.4 is 0 Å². The van der Waals surface area contributed by atoms with Gasteiger partial charge in [-0.25, -0.2) is 9.48 Å². The number of carboxylic acids is 1. The minimum atomic E-state index is -0.993. The first-order valence-electron chi connectivity index (χ1n) is 5.71. The van der Waals surface area contributed by atoms with Gasteiger partial charge in [0, 0.05) is 6.20 Å². The Morgan fingerprint density at radius 3 is 2.89 bits per heavy atom. The summed E-state index contributed by atoms with van der Waals surface area (Å²) in [5.41, 5.74) is 2.27. The van der Waals surface area contributed by atoms with Gasteiger partial charge in [-0.2, -0.15) is 0 Å². The SMILES string of the molecule is O=C(O)c1cccnc1Cn1nnc2ccccc21. The molecule has 1 N–H and O–H groups in total. The Morgan fingerprint density at radius 2 is 2.05 bits per heavy atom. The highest BCUT2D eigenvalue weighted by atomic mass is 16.4. The second kappa shape index (κ2) is 4.49. The van der Waals surface area contributed by atoms with Crippen LogP contribution >= 0.6 is 0 Å². The number of hydrogen-bond donors (Lipinski definition) is 1. The van der Waals surface area contributed by atoms with Crippen LogP contribution in [0.15, 0.2) is 42.6 Å². The highest BCUT2D eigenvalue weighted by molar-refractivity contribution is 5.88. The number of benzene rings is 1. The van der Waals surface area contributed by atoms with Gasteiger partial charge in [0.15, 0.2) is 0 Å². The van der Waals surface area contributed by atoms with Gasteiger partial charge in [-0.3, -0.25) is 4.98 Å². The van der Waals surface area contributed by atoms with Gasteiger partial charge in [0.1, 0.15) is 5.52 Å². The molecule has 1 aromatic carbocycles. The van der Waals surface area contributed by atoms with E-state index in [9.17, 15) is 4.79 Å². The third kappa shape index (κ3) is 2.03. The number of nitrogens with zero attached hydrogens (tertiary/aromatic N) is 4. The van der Waals surface area contributed by atoms with E-state index in [0.29, 0.717) is 5.69 Å². The van der Waals surface area contributed by atoms with Crippen LogP contribution in [-0.4, -0.2) is 31.1 Å². The van der Waals surface area contributed by atoms with Crippen molar-refractivity contribution in [2.24, 2.45) is 0 Å². The van der Waals surface area contributed by atoms with Gasteiger partial charge in [-0.05, 0) is 24.3 Å². The van der Waals surface area contributed by atoms with Crippen molar-refractivity contribution in [2.75, 3.05) is 0 Å². The van der Waals surface area contributed by atoms with Gasteiger partial charge in [0.25, 0.3) is 0 Å². The molecule has 2 heterocycles. The molecule has 3 rings (SSSR count). The summed E-state index contributed by atoms with van der Waals surface area (Å²) in [6.45, 7) is 0.281. The van der Waals surface area contributed by atoms with Crippen molar-refractivity contribution in [3.8, 4) is 0 Å². The maximum atomic E-state index is 11.1. The van der Waals surface area contributed by atoms with E-state index in [4.69, 9.17) is 5.11 Å². The summed E-state index contributed by atoms with van der Waals surface area (Å²) in [6, 6.07) is 10.6. The van der Waals surface area contributed by atoms with Crippen molar-refractivity contribution in [1.82, 2.24) is 20.0 Å². The Hall–Kier alpha value is -2.76. The zero-order valence-electron chi connectivity index (χ0n) is 9.89. The molecule has 0 aliphatic heterocycles. The van der Waals surface area contributed by atoms with E-state index in [2.05, 4.69) is 15.3 Å². The molecule has 0 aliphatic rings. The van der Waals surface area contributed by atoms with Gasteiger partial charge in [0.05, 0.1) is 23.3 Å². The maximum Gasteiger partial charge on any atom is 0.337 e. The topological polar surface area (TPSA) is 80.9 Å². The average Bonchev–Trinajstić information content (AvgIpc) is 2.83. The summed E-state index contributed by atoms with van der Waals surface area (Å²) in [7, 11) is 0. The fraction of sp³-hybridized carbons (Fsp3) is 0.0769. The van der Waals surface area contributed by atoms with Crippen LogP contribution in [0.25, 0.3) is 11.0 Å². The van der Waals surface area contributed by atoms with Crippen LogP contribution in [-0.2, 0) is 6.54 Å². The highest BCUT2D eigenvalue weighted by Crippen LogP contribution is 2.13. The van der Waals surface area contributed by atoms with E-state index in [1.807, 2.05) is 24.3 Å². The Kier molecular flexibility index (Phi) is 2.68. The summed E-state index contributed by atoms with van der Waals surface area (Å²) in [4.78, 5) is 15.2. The quantitative estimate of drug-likeness (QED) is 0.767. The van der Waals surface area contributed by atoms with Crippen molar-refractivity contribution < 1.29 is 9.90 Å². The minimum absolute atomic E-state index is 0.182. The van der Waals surface area contributed by atoms with E-state index in [0.717, 1.165) is 11.0 Å². The number of carbonyl (C=O) groups is 1. The standard InChI is InChI=1S/C13H10N4O2/c18-13(19)9-4-3-7-14-11(9)8-17-12-6-2-1-5-10(12)15-16-17/h1-7H,8H2,(H,18,19). The van der Waals surface area contributed by atoms with Crippen LogP contribution in [0.1, 0.15) is 16.1 Å². The summed E-state index contributed by atoms with van der Waals surface area (Å²) in [6.07, 6.45) is 1.57. The van der Waals surface area contributed by atoms with E-state index >= 15 is 0 Å². The third-order valence-electron chi connectivity index (χ3n) is 2.84. The fourth-order valence-corrected chi connectivity index (χ4v) is 1.93. The number of aromatic nitrogens is 4. The zero-order chi connectivity index (χ0) is 13.2. The van der Waals surface area contributed by atoms with Gasteiger partial charge in [-0.15, -0.1) is 5.10 Å². The number of pyridine rings is 1. The molecule has 2 aromatic heterocycles. The summed E-state index contributed by atoms with van der Waals surface area (Å²) in [5, 5.41) is 17.2. The van der Waals surface area contributed by atoms with E-state index in [1.165, 1.54) is 6.07 Å². The molecule has 6 nitrogen and oxygen atoms in total. The van der Waals surface area contributed by atoms with Crippen molar-refractivity contribution in [3.63, 3.8) is 0 Å². The third-order valence-corrected chi connectivity index (χ3v) is 2.84. The van der Waals surface area contributed by atoms with Gasteiger partial charge >= 0.3 is 5.97 Å². The predicted octanol–water partition coefficient (Wildman–Crippen LogP) is 1.57. The Balaban J connectivity index is 2.04. The van der Waals surface area contributed by atoms with Crippen LogP contribution in [0.3, 0.4) is 0 Å². The smallest absolute Gasteiger partial charge is 0.337 e. The molecule has 0 atom stereocenters. The number of hydrogen-bond acceptors (Lipinski definition) is 4. The lowest BCUT2D eigenvalue weighted by Gasteiger charge is -2.05. The molecule has 0 amide bonds.